The molecule has 0 aliphatic carbocycles. The lowest BCUT2D eigenvalue weighted by Crippen LogP contribution is -2.44. The Morgan fingerprint density at radius 1 is 1.11 bits per heavy atom. The number of ether oxygens (including phenoxy) is 1. The lowest BCUT2D eigenvalue weighted by molar-refractivity contribution is -0.138. The third-order valence-corrected chi connectivity index (χ3v) is 8.85. The van der Waals surface area contributed by atoms with Crippen LogP contribution >= 0.6 is 11.6 Å². The van der Waals surface area contributed by atoms with E-state index >= 15 is 0 Å². The van der Waals surface area contributed by atoms with Gasteiger partial charge in [-0.1, -0.05) is 35.9 Å². The van der Waals surface area contributed by atoms with Gasteiger partial charge in [0.2, 0.25) is 5.91 Å². The zero-order chi connectivity index (χ0) is 32.2. The molecular formula is C30H27ClF4N2O6S. The molecule has 0 saturated carbocycles. The molecule has 234 valence electrons. The summed E-state index contributed by atoms with van der Waals surface area (Å²) in [6, 6.07) is 12.1. The largest absolute Gasteiger partial charge is 0.486 e. The number of aliphatic carboxylic acids is 1. The second-order valence-electron chi connectivity index (χ2n) is 9.99. The molecule has 8 nitrogen and oxygen atoms in total. The Bertz CT molecular complexity index is 1690. The number of hydrogen-bond acceptors (Lipinski definition) is 5. The summed E-state index contributed by atoms with van der Waals surface area (Å²) in [4.78, 5) is 22.3. The van der Waals surface area contributed by atoms with Crippen molar-refractivity contribution in [2.75, 3.05) is 17.4 Å². The van der Waals surface area contributed by atoms with Crippen molar-refractivity contribution in [3.63, 3.8) is 0 Å². The molecule has 0 saturated heterocycles. The molecule has 0 unspecified atom stereocenters. The molecule has 4 rings (SSSR count). The molecule has 0 fully saturated rings. The van der Waals surface area contributed by atoms with Crippen LogP contribution in [0.2, 0.25) is 5.02 Å². The predicted molar refractivity (Wildman–Crippen MR) is 156 cm³/mol. The van der Waals surface area contributed by atoms with E-state index in [1.165, 1.54) is 30.3 Å². The summed E-state index contributed by atoms with van der Waals surface area (Å²) in [7, 11) is -4.58. The molecular weight excluding hydrogens is 628 g/mol. The van der Waals surface area contributed by atoms with Gasteiger partial charge < -0.3 is 15.2 Å². The summed E-state index contributed by atoms with van der Waals surface area (Å²) in [6.45, 7) is 1.20. The number of halogens is 5. The number of hydrogen-bond donors (Lipinski definition) is 2. The van der Waals surface area contributed by atoms with Crippen molar-refractivity contribution >= 4 is 50.8 Å². The van der Waals surface area contributed by atoms with Crippen molar-refractivity contribution < 1.29 is 45.4 Å². The summed E-state index contributed by atoms with van der Waals surface area (Å²) in [5.41, 5.74) is -0.0896. The minimum absolute atomic E-state index is 0.0273. The van der Waals surface area contributed by atoms with Gasteiger partial charge in [0.15, 0.2) is 0 Å². The van der Waals surface area contributed by atoms with Gasteiger partial charge in [-0.15, -0.1) is 0 Å². The number of nitrogens with one attached hydrogen (secondary N) is 1. The Balaban J connectivity index is 1.70. The first kappa shape index (κ1) is 32.8. The van der Waals surface area contributed by atoms with E-state index in [0.717, 1.165) is 22.5 Å². The molecule has 1 heterocycles. The lowest BCUT2D eigenvalue weighted by Gasteiger charge is -2.36. The maximum Gasteiger partial charge on any atom is 0.416 e. The molecule has 3 aromatic rings. The van der Waals surface area contributed by atoms with E-state index in [-0.39, 0.29) is 54.4 Å². The first-order valence-corrected chi connectivity index (χ1v) is 15.1. The van der Waals surface area contributed by atoms with Gasteiger partial charge in [0.25, 0.3) is 10.0 Å². The van der Waals surface area contributed by atoms with Crippen LogP contribution in [0.5, 0.6) is 5.75 Å². The monoisotopic (exact) mass is 654 g/mol. The number of benzene rings is 3. The summed E-state index contributed by atoms with van der Waals surface area (Å²) < 4.78 is 89.4. The van der Waals surface area contributed by atoms with Crippen LogP contribution in [0.3, 0.4) is 0 Å². The molecule has 14 heteroatoms. The average molecular weight is 655 g/mol. The van der Waals surface area contributed by atoms with Gasteiger partial charge >= 0.3 is 12.1 Å². The van der Waals surface area contributed by atoms with Gasteiger partial charge in [-0.3, -0.25) is 13.9 Å². The first-order chi connectivity index (χ1) is 20.7. The molecule has 0 radical (unpaired) electrons. The fourth-order valence-corrected chi connectivity index (χ4v) is 6.50. The third kappa shape index (κ3) is 7.69. The molecule has 1 aliphatic heterocycles. The van der Waals surface area contributed by atoms with Gasteiger partial charge in [0.05, 0.1) is 34.1 Å². The normalized spacial score (nSPS) is 15.4. The van der Waals surface area contributed by atoms with E-state index in [1.54, 1.807) is 19.1 Å². The zero-order valence-electron chi connectivity index (χ0n) is 23.2. The van der Waals surface area contributed by atoms with Crippen LogP contribution in [0, 0.1) is 5.82 Å². The molecule has 44 heavy (non-hydrogen) atoms. The Kier molecular flexibility index (Phi) is 9.89. The summed E-state index contributed by atoms with van der Waals surface area (Å²) >= 11 is 6.19. The van der Waals surface area contributed by atoms with Crippen LogP contribution in [-0.4, -0.2) is 44.6 Å². The van der Waals surface area contributed by atoms with E-state index in [9.17, 15) is 35.6 Å². The maximum atomic E-state index is 14.5. The molecule has 0 bridgehead atoms. The molecule has 2 N–H and O–H groups in total. The van der Waals surface area contributed by atoms with Gasteiger partial charge in [-0.25, -0.2) is 12.8 Å². The summed E-state index contributed by atoms with van der Waals surface area (Å²) in [5.74, 6) is -2.02. The average Bonchev–Trinajstić information content (AvgIpc) is 2.95. The predicted octanol–water partition coefficient (Wildman–Crippen LogP) is 6.39. The number of carboxylic acid groups (broad SMARTS) is 1. The van der Waals surface area contributed by atoms with Crippen molar-refractivity contribution in [2.24, 2.45) is 0 Å². The SMILES string of the molecule is C/C(=C\c1ccc2c(c1)N(S(=O)(=O)c1cccc(C(F)(F)F)c1)C[C@H](CCC(=O)NCCC(=O)O)O2)c1c(F)cccc1Cl. The second-order valence-corrected chi connectivity index (χ2v) is 12.3. The summed E-state index contributed by atoms with van der Waals surface area (Å²) in [5, 5.41) is 11.4. The van der Waals surface area contributed by atoms with Gasteiger partial charge in [0, 0.05) is 18.5 Å². The topological polar surface area (TPSA) is 113 Å². The minimum atomic E-state index is -4.78. The highest BCUT2D eigenvalue weighted by Crippen LogP contribution is 2.40. The highest BCUT2D eigenvalue weighted by molar-refractivity contribution is 7.92. The number of anilines is 1. The molecule has 1 atom stereocenters. The van der Waals surface area contributed by atoms with Crippen LogP contribution in [0.25, 0.3) is 11.6 Å². The van der Waals surface area contributed by atoms with Crippen LogP contribution < -0.4 is 14.4 Å². The minimum Gasteiger partial charge on any atom is -0.486 e. The van der Waals surface area contributed by atoms with Crippen LogP contribution in [0.15, 0.2) is 65.6 Å². The van der Waals surface area contributed by atoms with Crippen molar-refractivity contribution in [3.05, 3.63) is 88.2 Å². The van der Waals surface area contributed by atoms with E-state index in [4.69, 9.17) is 21.4 Å². The van der Waals surface area contributed by atoms with Crippen LogP contribution in [0.1, 0.15) is 42.9 Å². The van der Waals surface area contributed by atoms with E-state index in [1.807, 2.05) is 0 Å². The van der Waals surface area contributed by atoms with Gasteiger partial charge in [0.1, 0.15) is 17.7 Å². The maximum absolute atomic E-state index is 14.5. The number of alkyl halides is 3. The van der Waals surface area contributed by atoms with Crippen molar-refractivity contribution in [3.8, 4) is 5.75 Å². The first-order valence-electron chi connectivity index (χ1n) is 13.3. The fourth-order valence-electron chi connectivity index (χ4n) is 4.64. The lowest BCUT2D eigenvalue weighted by atomic mass is 10.0. The van der Waals surface area contributed by atoms with Crippen molar-refractivity contribution in [1.29, 1.82) is 0 Å². The fraction of sp³-hybridized carbons (Fsp3) is 0.267. The number of sulfonamides is 1. The highest BCUT2D eigenvalue weighted by atomic mass is 35.5. The number of carbonyl (C=O) groups is 2. The number of rotatable bonds is 10. The van der Waals surface area contributed by atoms with Gasteiger partial charge in [-0.05, 0) is 66.9 Å². The Labute approximate surface area is 255 Å². The number of fused-ring (bicyclic) bond motifs is 1. The zero-order valence-corrected chi connectivity index (χ0v) is 24.8. The standard InChI is InChI=1S/C30H27ClF4N2O6S/c1-18(29-23(31)6-3-7-24(29)32)14-19-8-10-26-25(15-19)37(17-21(43-26)9-11-27(38)36-13-12-28(39)40)44(41,42)22-5-2-4-20(16-22)30(33,34)35/h2-8,10,14-16,21H,9,11-13,17H2,1H3,(H,36,38)(H,39,40)/b18-14+/t21-/m0/s1. The molecule has 0 aromatic heterocycles. The number of allylic oxidation sites excluding steroid dienone is 1. The number of amides is 1. The molecule has 3 aromatic carbocycles. The quantitative estimate of drug-likeness (QED) is 0.194. The Hall–Kier alpha value is -4.10. The van der Waals surface area contributed by atoms with E-state index < -0.39 is 50.5 Å². The van der Waals surface area contributed by atoms with Crippen molar-refractivity contribution in [1.82, 2.24) is 5.32 Å². The number of carbonyl (C=O) groups excluding carboxylic acids is 1. The van der Waals surface area contributed by atoms with E-state index in [0.29, 0.717) is 17.2 Å². The van der Waals surface area contributed by atoms with Crippen LogP contribution in [-0.2, 0) is 25.8 Å². The highest BCUT2D eigenvalue weighted by Gasteiger charge is 2.37. The molecule has 0 spiro atoms. The van der Waals surface area contributed by atoms with E-state index in [2.05, 4.69) is 5.32 Å². The van der Waals surface area contributed by atoms with Crippen molar-refractivity contribution in [2.45, 2.75) is 43.4 Å². The summed E-state index contributed by atoms with van der Waals surface area (Å²) in [6.07, 6.45) is -4.45. The van der Waals surface area contributed by atoms with Gasteiger partial charge in [-0.2, -0.15) is 13.2 Å². The number of nitrogens with zero attached hydrogens (tertiary/aromatic N) is 1. The Morgan fingerprint density at radius 2 is 1.84 bits per heavy atom. The second kappa shape index (κ2) is 13.3. The molecule has 1 aliphatic rings. The number of carboxylic acids is 1. The molecule has 1 amide bonds. The van der Waals surface area contributed by atoms with Crippen LogP contribution in [0.4, 0.5) is 23.2 Å². The smallest absolute Gasteiger partial charge is 0.416 e. The Morgan fingerprint density at radius 3 is 2.52 bits per heavy atom. The third-order valence-electron chi connectivity index (χ3n) is 6.76.